The van der Waals surface area contributed by atoms with Crippen LogP contribution < -0.4 is 5.56 Å². The Morgan fingerprint density at radius 3 is 2.74 bits per heavy atom. The number of benzene rings is 2. The SMILES string of the molecule is COCCCn1c(SCc2noc(-c3ccc(C)cc3)n2)nc2cc(Cl)ccc2c1=O. The standard InChI is InChI=1S/C22H21ClN4O3S/c1-14-4-6-15(7-5-14)20-25-19(26-30-20)13-31-22-24-18-12-16(23)8-9-17(18)21(28)27(22)10-3-11-29-2/h4-9,12H,3,10-11,13H2,1-2H3. The van der Waals surface area contributed by atoms with Crippen LogP contribution in [0.15, 0.2) is 56.9 Å². The Balaban J connectivity index is 1.60. The molecule has 31 heavy (non-hydrogen) atoms. The quantitative estimate of drug-likeness (QED) is 0.215. The van der Waals surface area contributed by atoms with E-state index in [0.717, 1.165) is 11.1 Å². The second kappa shape index (κ2) is 9.64. The van der Waals surface area contributed by atoms with Crippen molar-refractivity contribution in [2.45, 2.75) is 30.8 Å². The molecule has 0 amide bonds. The van der Waals surface area contributed by atoms with Gasteiger partial charge in [0.15, 0.2) is 11.0 Å². The van der Waals surface area contributed by atoms with E-state index in [0.29, 0.717) is 58.1 Å². The zero-order valence-electron chi connectivity index (χ0n) is 17.2. The summed E-state index contributed by atoms with van der Waals surface area (Å²) in [5.74, 6) is 1.41. The van der Waals surface area contributed by atoms with Gasteiger partial charge in [0.2, 0.25) is 0 Å². The van der Waals surface area contributed by atoms with Gasteiger partial charge in [0, 0.05) is 30.8 Å². The van der Waals surface area contributed by atoms with Crippen molar-refractivity contribution < 1.29 is 9.26 Å². The Kier molecular flexibility index (Phi) is 6.70. The van der Waals surface area contributed by atoms with Crippen molar-refractivity contribution in [2.75, 3.05) is 13.7 Å². The largest absolute Gasteiger partial charge is 0.385 e. The van der Waals surface area contributed by atoms with E-state index >= 15 is 0 Å². The van der Waals surface area contributed by atoms with E-state index in [9.17, 15) is 4.79 Å². The molecule has 2 aromatic carbocycles. The minimum atomic E-state index is -0.103. The number of hydrogen-bond acceptors (Lipinski definition) is 7. The molecule has 0 aliphatic heterocycles. The molecule has 0 N–H and O–H groups in total. The number of rotatable bonds is 8. The van der Waals surface area contributed by atoms with Gasteiger partial charge in [0.05, 0.1) is 16.7 Å². The van der Waals surface area contributed by atoms with Crippen molar-refractivity contribution in [2.24, 2.45) is 0 Å². The number of hydrogen-bond donors (Lipinski definition) is 0. The van der Waals surface area contributed by atoms with Gasteiger partial charge in [0.1, 0.15) is 0 Å². The van der Waals surface area contributed by atoms with E-state index < -0.39 is 0 Å². The first kappa shape index (κ1) is 21.5. The third-order valence-corrected chi connectivity index (χ3v) is 5.92. The number of nitrogens with zero attached hydrogens (tertiary/aromatic N) is 4. The Morgan fingerprint density at radius 1 is 1.16 bits per heavy atom. The van der Waals surface area contributed by atoms with Crippen LogP contribution in [0.5, 0.6) is 0 Å². The highest BCUT2D eigenvalue weighted by Gasteiger charge is 2.15. The molecular weight excluding hydrogens is 436 g/mol. The zero-order valence-corrected chi connectivity index (χ0v) is 18.7. The van der Waals surface area contributed by atoms with Gasteiger partial charge in [-0.1, -0.05) is 46.2 Å². The fraction of sp³-hybridized carbons (Fsp3) is 0.273. The minimum absolute atomic E-state index is 0.103. The molecule has 0 atom stereocenters. The maximum absolute atomic E-state index is 13.1. The fourth-order valence-corrected chi connectivity index (χ4v) is 4.14. The second-order valence-corrected chi connectivity index (χ2v) is 8.41. The van der Waals surface area contributed by atoms with Crippen LogP contribution in [0, 0.1) is 6.92 Å². The molecule has 160 valence electrons. The van der Waals surface area contributed by atoms with Crippen molar-refractivity contribution in [1.82, 2.24) is 19.7 Å². The summed E-state index contributed by atoms with van der Waals surface area (Å²) in [6.45, 7) is 3.08. The van der Waals surface area contributed by atoms with Crippen LogP contribution in [0.1, 0.15) is 17.8 Å². The highest BCUT2D eigenvalue weighted by atomic mass is 35.5. The van der Waals surface area contributed by atoms with Gasteiger partial charge < -0.3 is 9.26 Å². The molecule has 0 saturated heterocycles. The average molecular weight is 457 g/mol. The van der Waals surface area contributed by atoms with Crippen LogP contribution >= 0.6 is 23.4 Å². The molecule has 4 aromatic rings. The summed E-state index contributed by atoms with van der Waals surface area (Å²) < 4.78 is 12.2. The van der Waals surface area contributed by atoms with Crippen molar-refractivity contribution in [3.05, 3.63) is 69.2 Å². The molecule has 9 heteroatoms. The van der Waals surface area contributed by atoms with E-state index in [1.165, 1.54) is 11.8 Å². The van der Waals surface area contributed by atoms with Crippen LogP contribution in [0.3, 0.4) is 0 Å². The highest BCUT2D eigenvalue weighted by molar-refractivity contribution is 7.98. The van der Waals surface area contributed by atoms with Gasteiger partial charge in [-0.15, -0.1) is 0 Å². The second-order valence-electron chi connectivity index (χ2n) is 7.03. The van der Waals surface area contributed by atoms with E-state index in [2.05, 4.69) is 15.1 Å². The molecular formula is C22H21ClN4O3S. The molecule has 0 aliphatic carbocycles. The lowest BCUT2D eigenvalue weighted by molar-refractivity contribution is 0.189. The Hall–Kier alpha value is -2.68. The third kappa shape index (κ3) is 4.98. The molecule has 4 rings (SSSR count). The predicted octanol–water partition coefficient (Wildman–Crippen LogP) is 4.74. The molecule has 0 fully saturated rings. The van der Waals surface area contributed by atoms with E-state index in [1.807, 2.05) is 31.2 Å². The maximum Gasteiger partial charge on any atom is 0.262 e. The van der Waals surface area contributed by atoms with Gasteiger partial charge in [0.25, 0.3) is 11.4 Å². The van der Waals surface area contributed by atoms with E-state index in [4.69, 9.17) is 20.9 Å². The summed E-state index contributed by atoms with van der Waals surface area (Å²) >= 11 is 7.49. The fourth-order valence-electron chi connectivity index (χ4n) is 3.10. The lowest BCUT2D eigenvalue weighted by Gasteiger charge is -2.12. The normalized spacial score (nSPS) is 11.3. The molecule has 0 spiro atoms. The van der Waals surface area contributed by atoms with Gasteiger partial charge in [-0.25, -0.2) is 4.98 Å². The van der Waals surface area contributed by atoms with Crippen LogP contribution in [0.2, 0.25) is 5.02 Å². The summed E-state index contributed by atoms with van der Waals surface area (Å²) in [4.78, 5) is 22.2. The molecule has 2 aromatic heterocycles. The monoisotopic (exact) mass is 456 g/mol. The van der Waals surface area contributed by atoms with E-state index in [-0.39, 0.29) is 5.56 Å². The summed E-state index contributed by atoms with van der Waals surface area (Å²) in [7, 11) is 1.64. The first-order chi connectivity index (χ1) is 15.0. The summed E-state index contributed by atoms with van der Waals surface area (Å²) in [6.07, 6.45) is 0.699. The molecule has 0 saturated carbocycles. The average Bonchev–Trinajstić information content (AvgIpc) is 3.23. The predicted molar refractivity (Wildman–Crippen MR) is 122 cm³/mol. The van der Waals surface area contributed by atoms with Gasteiger partial charge in [-0.2, -0.15) is 4.98 Å². The number of aryl methyl sites for hydroxylation is 1. The van der Waals surface area contributed by atoms with Crippen LogP contribution in [0.25, 0.3) is 22.4 Å². The van der Waals surface area contributed by atoms with Crippen molar-refractivity contribution >= 4 is 34.3 Å². The summed E-state index contributed by atoms with van der Waals surface area (Å²) in [5, 5.41) is 5.72. The molecule has 0 radical (unpaired) electrons. The molecule has 0 aliphatic rings. The van der Waals surface area contributed by atoms with Gasteiger partial charge in [-0.05, 0) is 43.7 Å². The minimum Gasteiger partial charge on any atom is -0.385 e. The molecule has 2 heterocycles. The lowest BCUT2D eigenvalue weighted by atomic mass is 10.1. The molecule has 0 bridgehead atoms. The molecule has 7 nitrogen and oxygen atoms in total. The summed E-state index contributed by atoms with van der Waals surface area (Å²) in [5.41, 5.74) is 2.49. The number of ether oxygens (including phenoxy) is 1. The first-order valence-corrected chi connectivity index (χ1v) is 11.1. The topological polar surface area (TPSA) is 83.0 Å². The Labute approximate surface area is 188 Å². The Bertz CT molecular complexity index is 1250. The summed E-state index contributed by atoms with van der Waals surface area (Å²) in [6, 6.07) is 13.0. The number of halogens is 1. The maximum atomic E-state index is 13.1. The van der Waals surface area contributed by atoms with Gasteiger partial charge >= 0.3 is 0 Å². The van der Waals surface area contributed by atoms with Gasteiger partial charge in [-0.3, -0.25) is 9.36 Å². The lowest BCUT2D eigenvalue weighted by Crippen LogP contribution is -2.24. The number of thioether (sulfide) groups is 1. The Morgan fingerprint density at radius 2 is 1.97 bits per heavy atom. The first-order valence-electron chi connectivity index (χ1n) is 9.76. The van der Waals surface area contributed by atoms with Crippen molar-refractivity contribution in [3.63, 3.8) is 0 Å². The van der Waals surface area contributed by atoms with Crippen LogP contribution in [-0.2, 0) is 17.0 Å². The van der Waals surface area contributed by atoms with E-state index in [1.54, 1.807) is 29.9 Å². The highest BCUT2D eigenvalue weighted by Crippen LogP contribution is 2.24. The number of aromatic nitrogens is 4. The van der Waals surface area contributed by atoms with Crippen molar-refractivity contribution in [3.8, 4) is 11.5 Å². The third-order valence-electron chi connectivity index (χ3n) is 4.71. The molecule has 0 unspecified atom stereocenters. The number of methoxy groups -OCH3 is 1. The van der Waals surface area contributed by atoms with Crippen LogP contribution in [-0.4, -0.2) is 33.4 Å². The smallest absolute Gasteiger partial charge is 0.262 e. The van der Waals surface area contributed by atoms with Crippen LogP contribution in [0.4, 0.5) is 0 Å². The zero-order chi connectivity index (χ0) is 21.8. The number of fused-ring (bicyclic) bond motifs is 1. The van der Waals surface area contributed by atoms with Crippen molar-refractivity contribution in [1.29, 1.82) is 0 Å².